The van der Waals surface area contributed by atoms with Crippen molar-refractivity contribution < 1.29 is 42.1 Å². The highest BCUT2D eigenvalue weighted by Crippen LogP contribution is 2.43. The van der Waals surface area contributed by atoms with Crippen molar-refractivity contribution in [1.82, 2.24) is 0 Å². The third kappa shape index (κ3) is 79.0. The molecule has 0 rings (SSSR count). The minimum atomic E-state index is -4.39. The van der Waals surface area contributed by atoms with Crippen LogP contribution < -0.4 is 0 Å². The molecule has 0 fully saturated rings. The lowest BCUT2D eigenvalue weighted by Crippen LogP contribution is -2.37. The van der Waals surface area contributed by atoms with Crippen molar-refractivity contribution >= 4 is 19.8 Å². The predicted octanol–water partition coefficient (Wildman–Crippen LogP) is 27.5. The summed E-state index contributed by atoms with van der Waals surface area (Å²) in [5, 5.41) is 0. The molecule has 0 radical (unpaired) electrons. The summed E-state index contributed by atoms with van der Waals surface area (Å²) < 4.78 is 34.9. The number of hydrogen-bond donors (Lipinski definition) is 1. The van der Waals surface area contributed by atoms with Gasteiger partial charge in [-0.15, -0.1) is 0 Å². The van der Waals surface area contributed by atoms with Crippen molar-refractivity contribution in [2.45, 2.75) is 431 Å². The summed E-state index contributed by atoms with van der Waals surface area (Å²) in [6, 6.07) is 0. The molecule has 0 bridgehead atoms. The number of nitrogens with zero attached hydrogens (tertiary/aromatic N) is 1. The van der Waals surface area contributed by atoms with E-state index in [0.717, 1.165) is 57.8 Å². The lowest BCUT2D eigenvalue weighted by Gasteiger charge is -2.24. The fourth-order valence-corrected chi connectivity index (χ4v) is 13.3. The SMILES string of the molecule is CC/C=C\C/C=C\C/C=C\C/C=C\CCCCCCCCCCCCCCCCCCCCCCCCCCC(=O)OC(COC(=O)CCCCCCCCCCCCCCCCCCCCCCCCCCCCCCCCCCC)COP(=O)(O)OCC[N+](C)(C)C. The fourth-order valence-electron chi connectivity index (χ4n) is 12.6. The van der Waals surface area contributed by atoms with Crippen molar-refractivity contribution in [3.05, 3.63) is 48.6 Å². The normalized spacial score (nSPS) is 13.2. The Morgan fingerprint density at radius 3 is 0.904 bits per heavy atom. The van der Waals surface area contributed by atoms with Gasteiger partial charge in [0.25, 0.3) is 0 Å². The molecule has 2 unspecified atom stereocenters. The van der Waals surface area contributed by atoms with Gasteiger partial charge in [-0.25, -0.2) is 4.57 Å². The highest BCUT2D eigenvalue weighted by molar-refractivity contribution is 7.47. The van der Waals surface area contributed by atoms with E-state index in [2.05, 4.69) is 62.5 Å². The number of carbonyl (C=O) groups is 2. The Labute approximate surface area is 585 Å². The predicted molar refractivity (Wildman–Crippen MR) is 409 cm³/mol. The van der Waals surface area contributed by atoms with E-state index in [1.54, 1.807) is 0 Å². The van der Waals surface area contributed by atoms with Crippen molar-refractivity contribution in [3.8, 4) is 0 Å². The van der Waals surface area contributed by atoms with Crippen LogP contribution in [0.1, 0.15) is 425 Å². The quantitative estimate of drug-likeness (QED) is 0.0211. The first-order valence-electron chi connectivity index (χ1n) is 41.4. The Balaban J connectivity index is 3.88. The number of carbonyl (C=O) groups excluding carboxylic acids is 2. The van der Waals surface area contributed by atoms with E-state index in [1.807, 2.05) is 21.1 Å². The molecule has 0 aromatic heterocycles. The van der Waals surface area contributed by atoms with Crippen molar-refractivity contribution in [1.29, 1.82) is 0 Å². The van der Waals surface area contributed by atoms with E-state index >= 15 is 0 Å². The van der Waals surface area contributed by atoms with Crippen LogP contribution in [0.3, 0.4) is 0 Å². The number of ether oxygens (including phenoxy) is 2. The van der Waals surface area contributed by atoms with Gasteiger partial charge in [0.2, 0.25) is 0 Å². The molecule has 0 saturated carbocycles. The van der Waals surface area contributed by atoms with Gasteiger partial charge in [-0.2, -0.15) is 0 Å². The largest absolute Gasteiger partial charge is 0.472 e. The van der Waals surface area contributed by atoms with Gasteiger partial charge in [-0.3, -0.25) is 18.6 Å². The average Bonchev–Trinajstić information content (AvgIpc) is 1.56. The zero-order valence-electron chi connectivity index (χ0n) is 63.5. The third-order valence-corrected chi connectivity index (χ3v) is 19.9. The van der Waals surface area contributed by atoms with Crippen LogP contribution in [-0.4, -0.2) is 74.9 Å². The monoisotopic (exact) mass is 1340 g/mol. The molecular weight excluding hydrogens is 1180 g/mol. The standard InChI is InChI=1S/C84H160NO8P/c1-6-8-10-12-14-16-18-20-22-24-26-28-30-32-34-36-38-40-41-42-43-45-47-49-51-53-55-57-59-61-63-65-67-69-71-73-75-77-84(87)93-82(81-92-94(88,89)91-79-78-85(3,4)5)80-90-83(86)76-74-72-70-68-66-64-62-60-58-56-54-52-50-48-46-44-39-37-35-33-31-29-27-25-23-21-19-17-15-13-11-9-7-2/h8,10,14,16,20,22,26,28,82H,6-7,9,11-13,15,17-19,21,23-25,27,29-81H2,1-5H3/p+1/b10-8-,16-14-,22-20-,28-26-. The van der Waals surface area contributed by atoms with Crippen LogP contribution in [0.5, 0.6) is 0 Å². The Morgan fingerprint density at radius 2 is 0.606 bits per heavy atom. The second kappa shape index (κ2) is 75.2. The first kappa shape index (κ1) is 92.0. The minimum absolute atomic E-state index is 0.0354. The van der Waals surface area contributed by atoms with E-state index in [9.17, 15) is 19.0 Å². The first-order chi connectivity index (χ1) is 46.0. The van der Waals surface area contributed by atoms with Crippen molar-refractivity contribution in [2.24, 2.45) is 0 Å². The van der Waals surface area contributed by atoms with Gasteiger partial charge in [0.1, 0.15) is 19.8 Å². The third-order valence-electron chi connectivity index (χ3n) is 18.9. The highest BCUT2D eigenvalue weighted by atomic mass is 31.2. The number of phosphoric acid groups is 1. The van der Waals surface area contributed by atoms with Gasteiger partial charge in [-0.1, -0.05) is 409 Å². The van der Waals surface area contributed by atoms with Gasteiger partial charge < -0.3 is 18.9 Å². The fraction of sp³-hybridized carbons (Fsp3) is 0.881. The molecule has 0 aliphatic heterocycles. The molecule has 0 spiro atoms. The number of allylic oxidation sites excluding steroid dienone is 8. The molecular formula is C84H161NO8P+. The summed E-state index contributed by atoms with van der Waals surface area (Å²) in [6.07, 6.45) is 100.0. The van der Waals surface area contributed by atoms with Crippen LogP contribution in [0.15, 0.2) is 48.6 Å². The topological polar surface area (TPSA) is 108 Å². The molecule has 0 saturated heterocycles. The van der Waals surface area contributed by atoms with Crippen LogP contribution in [-0.2, 0) is 32.7 Å². The number of esters is 2. The molecule has 94 heavy (non-hydrogen) atoms. The number of likely N-dealkylation sites (N-methyl/N-ethyl adjacent to an activating group) is 1. The van der Waals surface area contributed by atoms with Crippen molar-refractivity contribution in [2.75, 3.05) is 47.5 Å². The van der Waals surface area contributed by atoms with Crippen LogP contribution >= 0.6 is 7.82 Å². The van der Waals surface area contributed by atoms with E-state index in [0.29, 0.717) is 23.9 Å². The number of quaternary nitrogens is 1. The number of rotatable bonds is 78. The summed E-state index contributed by atoms with van der Waals surface area (Å²) in [4.78, 5) is 36.0. The van der Waals surface area contributed by atoms with Crippen LogP contribution in [0.2, 0.25) is 0 Å². The van der Waals surface area contributed by atoms with Gasteiger partial charge in [-0.05, 0) is 51.4 Å². The number of phosphoric ester groups is 1. The Kier molecular flexibility index (Phi) is 73.6. The average molecular weight is 1340 g/mol. The zero-order chi connectivity index (χ0) is 68.3. The molecule has 0 aromatic rings. The van der Waals surface area contributed by atoms with Crippen LogP contribution in [0, 0.1) is 0 Å². The zero-order valence-corrected chi connectivity index (χ0v) is 64.4. The van der Waals surface area contributed by atoms with Gasteiger partial charge in [0, 0.05) is 12.8 Å². The lowest BCUT2D eigenvalue weighted by molar-refractivity contribution is -0.870. The smallest absolute Gasteiger partial charge is 0.462 e. The second-order valence-electron chi connectivity index (χ2n) is 29.5. The molecule has 10 heteroatoms. The van der Waals surface area contributed by atoms with E-state index in [-0.39, 0.29) is 25.6 Å². The number of hydrogen-bond acceptors (Lipinski definition) is 7. The maximum atomic E-state index is 12.9. The Morgan fingerprint density at radius 1 is 0.340 bits per heavy atom. The Hall–Kier alpha value is -2.03. The highest BCUT2D eigenvalue weighted by Gasteiger charge is 2.27. The summed E-state index contributed by atoms with van der Waals surface area (Å²) in [6.45, 7) is 4.41. The lowest BCUT2D eigenvalue weighted by atomic mass is 10.0. The molecule has 0 aliphatic rings. The van der Waals surface area contributed by atoms with Crippen LogP contribution in [0.4, 0.5) is 0 Å². The molecule has 0 heterocycles. The van der Waals surface area contributed by atoms with E-state index in [4.69, 9.17) is 18.5 Å². The summed E-state index contributed by atoms with van der Waals surface area (Å²) in [5.74, 6) is -0.769. The minimum Gasteiger partial charge on any atom is -0.462 e. The molecule has 1 N–H and O–H groups in total. The summed E-state index contributed by atoms with van der Waals surface area (Å²) in [5.41, 5.74) is 0. The first-order valence-corrected chi connectivity index (χ1v) is 42.9. The van der Waals surface area contributed by atoms with Gasteiger partial charge in [0.15, 0.2) is 6.10 Å². The molecule has 0 amide bonds. The van der Waals surface area contributed by atoms with Gasteiger partial charge in [0.05, 0.1) is 27.7 Å². The van der Waals surface area contributed by atoms with Gasteiger partial charge >= 0.3 is 19.8 Å². The molecule has 0 aliphatic carbocycles. The van der Waals surface area contributed by atoms with E-state index in [1.165, 1.54) is 334 Å². The summed E-state index contributed by atoms with van der Waals surface area (Å²) >= 11 is 0. The molecule has 9 nitrogen and oxygen atoms in total. The van der Waals surface area contributed by atoms with Crippen LogP contribution in [0.25, 0.3) is 0 Å². The molecule has 2 atom stereocenters. The van der Waals surface area contributed by atoms with E-state index < -0.39 is 26.5 Å². The molecule has 0 aromatic carbocycles. The second-order valence-corrected chi connectivity index (χ2v) is 30.9. The van der Waals surface area contributed by atoms with Crippen molar-refractivity contribution in [3.63, 3.8) is 0 Å². The summed E-state index contributed by atoms with van der Waals surface area (Å²) in [7, 11) is 1.50. The Bertz CT molecular complexity index is 1720. The molecule has 554 valence electrons. The number of unbranched alkanes of at least 4 members (excludes halogenated alkanes) is 56. The maximum Gasteiger partial charge on any atom is 0.472 e. The maximum absolute atomic E-state index is 12.9.